The molecule has 3 rings (SSSR count). The predicted molar refractivity (Wildman–Crippen MR) is 113 cm³/mol. The summed E-state index contributed by atoms with van der Waals surface area (Å²) in [6.07, 6.45) is 3.26. The van der Waals surface area contributed by atoms with Crippen molar-refractivity contribution in [1.29, 1.82) is 0 Å². The molecule has 0 unspecified atom stereocenters. The Bertz CT molecular complexity index is 1090. The zero-order valence-corrected chi connectivity index (χ0v) is 17.1. The van der Waals surface area contributed by atoms with Gasteiger partial charge in [-0.2, -0.15) is 5.10 Å². The average molecular weight is 418 g/mol. The van der Waals surface area contributed by atoms with Crippen molar-refractivity contribution in [3.05, 3.63) is 58.5 Å². The van der Waals surface area contributed by atoms with Crippen LogP contribution in [0.3, 0.4) is 0 Å². The van der Waals surface area contributed by atoms with Crippen molar-refractivity contribution < 1.29 is 4.79 Å². The van der Waals surface area contributed by atoms with E-state index in [1.165, 1.54) is 16.3 Å². The van der Waals surface area contributed by atoms with E-state index in [1.54, 1.807) is 41.2 Å². The van der Waals surface area contributed by atoms with E-state index < -0.39 is 0 Å². The van der Waals surface area contributed by atoms with E-state index in [2.05, 4.69) is 22.0 Å². The Hall–Kier alpha value is -2.58. The van der Waals surface area contributed by atoms with Crippen molar-refractivity contribution in [1.82, 2.24) is 19.3 Å². The van der Waals surface area contributed by atoms with Crippen LogP contribution >= 0.6 is 23.4 Å². The first-order chi connectivity index (χ1) is 13.4. The summed E-state index contributed by atoms with van der Waals surface area (Å²) >= 11 is 7.21. The van der Waals surface area contributed by atoms with E-state index in [-0.39, 0.29) is 23.3 Å². The van der Waals surface area contributed by atoms with Crippen LogP contribution in [-0.2, 0) is 11.3 Å². The van der Waals surface area contributed by atoms with Crippen LogP contribution in [0.1, 0.15) is 19.9 Å². The third-order valence-corrected chi connectivity index (χ3v) is 5.16. The van der Waals surface area contributed by atoms with Crippen LogP contribution in [0.25, 0.3) is 10.9 Å². The largest absolute Gasteiger partial charge is 0.310 e. The Morgan fingerprint density at radius 1 is 1.39 bits per heavy atom. The topological polar surface area (TPSA) is 81.8 Å². The Morgan fingerprint density at radius 3 is 2.89 bits per heavy atom. The van der Waals surface area contributed by atoms with Crippen molar-refractivity contribution in [2.45, 2.75) is 31.6 Å². The quantitative estimate of drug-likeness (QED) is 0.359. The molecule has 0 saturated carbocycles. The molecule has 0 aliphatic rings. The molecule has 1 aromatic carbocycles. The SMILES string of the molecule is C=CCn1c(SCC(=O)Nc2ccnn2C(C)C)nc2cc(Cl)ccc2c1=O. The summed E-state index contributed by atoms with van der Waals surface area (Å²) < 4.78 is 3.23. The van der Waals surface area contributed by atoms with E-state index in [4.69, 9.17) is 11.6 Å². The summed E-state index contributed by atoms with van der Waals surface area (Å²) in [7, 11) is 0. The zero-order valence-electron chi connectivity index (χ0n) is 15.6. The molecule has 0 fully saturated rings. The molecule has 1 N–H and O–H groups in total. The number of carbonyl (C=O) groups is 1. The van der Waals surface area contributed by atoms with Crippen LogP contribution in [0.15, 0.2) is 53.1 Å². The Balaban J connectivity index is 1.83. The molecule has 3 aromatic rings. The van der Waals surface area contributed by atoms with Gasteiger partial charge in [-0.3, -0.25) is 14.2 Å². The maximum Gasteiger partial charge on any atom is 0.262 e. The van der Waals surface area contributed by atoms with Gasteiger partial charge in [0.15, 0.2) is 5.16 Å². The van der Waals surface area contributed by atoms with E-state index in [9.17, 15) is 9.59 Å². The van der Waals surface area contributed by atoms with Crippen molar-refractivity contribution >= 4 is 46.0 Å². The maximum atomic E-state index is 12.8. The summed E-state index contributed by atoms with van der Waals surface area (Å²) in [4.78, 5) is 29.7. The molecule has 0 atom stereocenters. The van der Waals surface area contributed by atoms with Gasteiger partial charge >= 0.3 is 0 Å². The lowest BCUT2D eigenvalue weighted by atomic mass is 10.2. The smallest absolute Gasteiger partial charge is 0.262 e. The average Bonchev–Trinajstić information content (AvgIpc) is 3.11. The molecule has 0 aliphatic heterocycles. The number of nitrogens with zero attached hydrogens (tertiary/aromatic N) is 4. The number of amides is 1. The molecule has 1 amide bonds. The first kappa shape index (κ1) is 20.2. The van der Waals surface area contributed by atoms with E-state index in [0.29, 0.717) is 33.4 Å². The fraction of sp³-hybridized carbons (Fsp3) is 0.263. The number of hydrogen-bond donors (Lipinski definition) is 1. The first-order valence-electron chi connectivity index (χ1n) is 8.68. The number of thioether (sulfide) groups is 1. The molecule has 0 bridgehead atoms. The number of nitrogens with one attached hydrogen (secondary N) is 1. The zero-order chi connectivity index (χ0) is 20.3. The summed E-state index contributed by atoms with van der Waals surface area (Å²) in [5.74, 6) is 0.513. The Labute approximate surface area is 171 Å². The minimum absolute atomic E-state index is 0.0962. The number of aromatic nitrogens is 4. The molecule has 0 radical (unpaired) electrons. The van der Waals surface area contributed by atoms with E-state index in [1.807, 2.05) is 13.8 Å². The molecule has 146 valence electrons. The van der Waals surface area contributed by atoms with Crippen molar-refractivity contribution in [3.63, 3.8) is 0 Å². The molecule has 9 heteroatoms. The third kappa shape index (κ3) is 4.28. The summed E-state index contributed by atoms with van der Waals surface area (Å²) in [5, 5.41) is 8.44. The number of fused-ring (bicyclic) bond motifs is 1. The van der Waals surface area contributed by atoms with Gasteiger partial charge in [-0.05, 0) is 32.0 Å². The monoisotopic (exact) mass is 417 g/mol. The van der Waals surface area contributed by atoms with Gasteiger partial charge in [0.1, 0.15) is 5.82 Å². The molecule has 0 saturated heterocycles. The molecule has 0 spiro atoms. The Morgan fingerprint density at radius 2 is 2.18 bits per heavy atom. The second-order valence-corrected chi connectivity index (χ2v) is 7.73. The number of hydrogen-bond acceptors (Lipinski definition) is 5. The number of rotatable bonds is 7. The molecular formula is C19H20ClN5O2S. The minimum Gasteiger partial charge on any atom is -0.310 e. The molecule has 7 nitrogen and oxygen atoms in total. The van der Waals surface area contributed by atoms with Gasteiger partial charge in [-0.1, -0.05) is 29.4 Å². The van der Waals surface area contributed by atoms with Crippen LogP contribution in [-0.4, -0.2) is 31.0 Å². The van der Waals surface area contributed by atoms with Crippen LogP contribution in [0, 0.1) is 0 Å². The Kier molecular flexibility index (Phi) is 6.21. The predicted octanol–water partition coefficient (Wildman–Crippen LogP) is 3.74. The number of benzene rings is 1. The molecular weight excluding hydrogens is 398 g/mol. The lowest BCUT2D eigenvalue weighted by Gasteiger charge is -2.13. The maximum absolute atomic E-state index is 12.8. The van der Waals surface area contributed by atoms with E-state index >= 15 is 0 Å². The second-order valence-electron chi connectivity index (χ2n) is 6.35. The van der Waals surface area contributed by atoms with E-state index in [0.717, 1.165) is 0 Å². The highest BCUT2D eigenvalue weighted by atomic mass is 35.5. The standard InChI is InChI=1S/C19H20ClN5O2S/c1-4-9-24-18(27)14-6-5-13(20)10-15(14)22-19(24)28-11-17(26)23-16-7-8-21-25(16)12(2)3/h4-8,10,12H,1,9,11H2,2-3H3,(H,23,26). The third-order valence-electron chi connectivity index (χ3n) is 3.95. The lowest BCUT2D eigenvalue weighted by Crippen LogP contribution is -2.24. The van der Waals surface area contributed by atoms with Gasteiger partial charge in [0.2, 0.25) is 5.91 Å². The molecule has 28 heavy (non-hydrogen) atoms. The first-order valence-corrected chi connectivity index (χ1v) is 10.0. The van der Waals surface area contributed by atoms with Crippen molar-refractivity contribution in [2.75, 3.05) is 11.1 Å². The highest BCUT2D eigenvalue weighted by Crippen LogP contribution is 2.21. The highest BCUT2D eigenvalue weighted by molar-refractivity contribution is 7.99. The van der Waals surface area contributed by atoms with Crippen molar-refractivity contribution in [2.24, 2.45) is 0 Å². The van der Waals surface area contributed by atoms with Gasteiger partial charge in [0.05, 0.1) is 22.9 Å². The summed E-state index contributed by atoms with van der Waals surface area (Å²) in [6, 6.07) is 6.82. The number of allylic oxidation sites excluding steroid dienone is 1. The molecule has 2 heterocycles. The summed E-state index contributed by atoms with van der Waals surface area (Å²) in [5.41, 5.74) is 0.306. The van der Waals surface area contributed by atoms with Gasteiger partial charge in [0, 0.05) is 23.7 Å². The van der Waals surface area contributed by atoms with Gasteiger partial charge in [0.25, 0.3) is 5.56 Å². The summed E-state index contributed by atoms with van der Waals surface area (Å²) in [6.45, 7) is 7.96. The van der Waals surface area contributed by atoms with Crippen LogP contribution in [0.4, 0.5) is 5.82 Å². The number of halogens is 1. The highest BCUT2D eigenvalue weighted by Gasteiger charge is 2.14. The van der Waals surface area contributed by atoms with Gasteiger partial charge < -0.3 is 5.32 Å². The number of anilines is 1. The fourth-order valence-electron chi connectivity index (χ4n) is 2.71. The normalized spacial score (nSPS) is 11.1. The molecule has 2 aromatic heterocycles. The van der Waals surface area contributed by atoms with Gasteiger partial charge in [-0.15, -0.1) is 6.58 Å². The number of carbonyl (C=O) groups excluding carboxylic acids is 1. The minimum atomic E-state index is -0.210. The van der Waals surface area contributed by atoms with Gasteiger partial charge in [-0.25, -0.2) is 9.67 Å². The van der Waals surface area contributed by atoms with Crippen LogP contribution < -0.4 is 10.9 Å². The van der Waals surface area contributed by atoms with Crippen molar-refractivity contribution in [3.8, 4) is 0 Å². The van der Waals surface area contributed by atoms with Crippen LogP contribution in [0.5, 0.6) is 0 Å². The fourth-order valence-corrected chi connectivity index (χ4v) is 3.68. The lowest BCUT2D eigenvalue weighted by molar-refractivity contribution is -0.113. The van der Waals surface area contributed by atoms with Crippen LogP contribution in [0.2, 0.25) is 5.02 Å². The molecule has 0 aliphatic carbocycles. The second kappa shape index (κ2) is 8.62.